The summed E-state index contributed by atoms with van der Waals surface area (Å²) in [4.78, 5) is 38.2. The lowest BCUT2D eigenvalue weighted by Crippen LogP contribution is -2.30. The summed E-state index contributed by atoms with van der Waals surface area (Å²) in [7, 11) is 0. The molecule has 0 amide bonds. The molecule has 1 unspecified atom stereocenters. The summed E-state index contributed by atoms with van der Waals surface area (Å²) in [6.45, 7) is 6.65. The van der Waals surface area contributed by atoms with E-state index in [0.29, 0.717) is 19.3 Å². The first-order chi connectivity index (χ1) is 34.5. The minimum Gasteiger partial charge on any atom is -0.462 e. The lowest BCUT2D eigenvalue weighted by atomic mass is 10.1. The Morgan fingerprint density at radius 3 is 0.800 bits per heavy atom. The van der Waals surface area contributed by atoms with Gasteiger partial charge in [-0.05, 0) is 96.3 Å². The van der Waals surface area contributed by atoms with Crippen LogP contribution in [0.3, 0.4) is 0 Å². The summed E-state index contributed by atoms with van der Waals surface area (Å²) in [6, 6.07) is 0. The molecule has 0 N–H and O–H groups in total. The van der Waals surface area contributed by atoms with Gasteiger partial charge in [0.1, 0.15) is 13.2 Å². The summed E-state index contributed by atoms with van der Waals surface area (Å²) < 4.78 is 16.9. The number of carbonyl (C=O) groups excluding carboxylic acids is 3. The van der Waals surface area contributed by atoms with Crippen LogP contribution in [0.5, 0.6) is 0 Å². The molecule has 0 aromatic heterocycles. The molecule has 0 rings (SSSR count). The Morgan fingerprint density at radius 1 is 0.286 bits per heavy atom. The molecule has 6 nitrogen and oxygen atoms in total. The molecule has 0 aliphatic heterocycles. The first-order valence-corrected chi connectivity index (χ1v) is 30.7. The van der Waals surface area contributed by atoms with Gasteiger partial charge in [-0.25, -0.2) is 0 Å². The molecule has 0 saturated carbocycles. The van der Waals surface area contributed by atoms with Crippen LogP contribution >= 0.6 is 0 Å². The Labute approximate surface area is 435 Å². The maximum atomic E-state index is 12.9. The highest BCUT2D eigenvalue weighted by Crippen LogP contribution is 2.16. The van der Waals surface area contributed by atoms with Gasteiger partial charge in [0.2, 0.25) is 0 Å². The molecule has 0 aromatic rings. The first-order valence-electron chi connectivity index (χ1n) is 30.7. The topological polar surface area (TPSA) is 78.9 Å². The number of carbonyl (C=O) groups is 3. The van der Waals surface area contributed by atoms with Gasteiger partial charge in [-0.15, -0.1) is 0 Å². The summed E-state index contributed by atoms with van der Waals surface area (Å²) in [5.41, 5.74) is 0. The molecule has 0 aromatic carbocycles. The van der Waals surface area contributed by atoms with Crippen molar-refractivity contribution >= 4 is 17.9 Å². The summed E-state index contributed by atoms with van der Waals surface area (Å²) >= 11 is 0. The largest absolute Gasteiger partial charge is 0.462 e. The minimum absolute atomic E-state index is 0.0842. The zero-order valence-electron chi connectivity index (χ0n) is 46.8. The van der Waals surface area contributed by atoms with Gasteiger partial charge in [0.25, 0.3) is 0 Å². The van der Waals surface area contributed by atoms with E-state index < -0.39 is 6.10 Å². The fourth-order valence-electron chi connectivity index (χ4n) is 8.90. The molecule has 0 bridgehead atoms. The molecule has 0 fully saturated rings. The van der Waals surface area contributed by atoms with Crippen LogP contribution in [0.4, 0.5) is 0 Å². The van der Waals surface area contributed by atoms with Crippen molar-refractivity contribution in [3.8, 4) is 0 Å². The van der Waals surface area contributed by atoms with Crippen LogP contribution in [0.1, 0.15) is 323 Å². The van der Waals surface area contributed by atoms with Crippen molar-refractivity contribution < 1.29 is 28.6 Å². The van der Waals surface area contributed by atoms with Gasteiger partial charge in [0, 0.05) is 19.3 Å². The Kier molecular flexibility index (Phi) is 56.7. The molecule has 1 atom stereocenters. The van der Waals surface area contributed by atoms with Gasteiger partial charge in [-0.3, -0.25) is 14.4 Å². The molecule has 408 valence electrons. The summed E-state index contributed by atoms with van der Waals surface area (Å²) in [5, 5.41) is 0. The maximum Gasteiger partial charge on any atom is 0.306 e. The molecule has 0 spiro atoms. The Morgan fingerprint density at radius 2 is 0.514 bits per heavy atom. The standard InChI is InChI=1S/C64H116O6/c1-4-7-10-13-16-19-22-25-28-31-33-36-39-42-45-48-51-54-57-63(66)69-60-61(59-68-62(65)56-53-50-47-44-41-38-35-30-27-24-21-18-15-12-9-6-3)70-64(67)58-55-52-49-46-43-40-37-34-32-29-26-23-20-17-14-11-8-5-2/h28,30-31,33-37,61H,4-27,29,32,38-60H2,1-3H3/b31-28-,35-30-,36-33-,37-34-. The number of rotatable bonds is 56. The number of esters is 3. The number of unbranched alkanes of at least 4 members (excludes halogenated alkanes) is 38. The maximum absolute atomic E-state index is 12.9. The third kappa shape index (κ3) is 56.3. The van der Waals surface area contributed by atoms with Crippen LogP contribution in [0.15, 0.2) is 48.6 Å². The Bertz CT molecular complexity index is 1220. The minimum atomic E-state index is -0.787. The predicted molar refractivity (Wildman–Crippen MR) is 302 cm³/mol. The van der Waals surface area contributed by atoms with Gasteiger partial charge in [-0.2, -0.15) is 0 Å². The number of allylic oxidation sites excluding steroid dienone is 8. The van der Waals surface area contributed by atoms with Crippen molar-refractivity contribution in [1.29, 1.82) is 0 Å². The van der Waals surface area contributed by atoms with E-state index in [0.717, 1.165) is 96.3 Å². The third-order valence-corrected chi connectivity index (χ3v) is 13.6. The molecule has 0 heterocycles. The van der Waals surface area contributed by atoms with Gasteiger partial charge < -0.3 is 14.2 Å². The van der Waals surface area contributed by atoms with E-state index in [2.05, 4.69) is 69.4 Å². The van der Waals surface area contributed by atoms with Gasteiger partial charge >= 0.3 is 17.9 Å². The highest BCUT2D eigenvalue weighted by molar-refractivity contribution is 5.71. The predicted octanol–water partition coefficient (Wildman–Crippen LogP) is 20.6. The number of hydrogen-bond donors (Lipinski definition) is 0. The van der Waals surface area contributed by atoms with Gasteiger partial charge in [0.15, 0.2) is 6.10 Å². The van der Waals surface area contributed by atoms with E-state index in [9.17, 15) is 14.4 Å². The molecule has 0 aliphatic carbocycles. The molecular formula is C64H116O6. The molecule has 0 aliphatic rings. The highest BCUT2D eigenvalue weighted by atomic mass is 16.6. The van der Waals surface area contributed by atoms with Crippen LogP contribution in [0.25, 0.3) is 0 Å². The van der Waals surface area contributed by atoms with Crippen molar-refractivity contribution in [3.05, 3.63) is 48.6 Å². The summed E-state index contributed by atoms with van der Waals surface area (Å²) in [6.07, 6.45) is 72.5. The van der Waals surface area contributed by atoms with E-state index in [1.165, 1.54) is 186 Å². The van der Waals surface area contributed by atoms with E-state index in [-0.39, 0.29) is 31.1 Å². The van der Waals surface area contributed by atoms with Gasteiger partial charge in [-0.1, -0.05) is 256 Å². The molecule has 6 heteroatoms. The number of hydrogen-bond acceptors (Lipinski definition) is 6. The molecular weight excluding hydrogens is 865 g/mol. The van der Waals surface area contributed by atoms with E-state index in [1.54, 1.807) is 0 Å². The zero-order chi connectivity index (χ0) is 50.7. The Balaban J connectivity index is 4.41. The number of ether oxygens (including phenoxy) is 3. The van der Waals surface area contributed by atoms with Crippen LogP contribution < -0.4 is 0 Å². The normalized spacial score (nSPS) is 12.3. The quantitative estimate of drug-likeness (QED) is 0.0199. The average Bonchev–Trinajstić information content (AvgIpc) is 3.36. The second-order valence-corrected chi connectivity index (χ2v) is 20.6. The Hall–Kier alpha value is -2.63. The second-order valence-electron chi connectivity index (χ2n) is 20.6. The van der Waals surface area contributed by atoms with Crippen molar-refractivity contribution in [3.63, 3.8) is 0 Å². The molecule has 0 saturated heterocycles. The monoisotopic (exact) mass is 981 g/mol. The fraction of sp³-hybridized carbons (Fsp3) is 0.828. The van der Waals surface area contributed by atoms with E-state index >= 15 is 0 Å². The van der Waals surface area contributed by atoms with Crippen LogP contribution in [0, 0.1) is 0 Å². The summed E-state index contributed by atoms with van der Waals surface area (Å²) in [5.74, 6) is -0.899. The third-order valence-electron chi connectivity index (χ3n) is 13.6. The van der Waals surface area contributed by atoms with Crippen molar-refractivity contribution in [2.45, 2.75) is 329 Å². The lowest BCUT2D eigenvalue weighted by Gasteiger charge is -2.18. The molecule has 70 heavy (non-hydrogen) atoms. The van der Waals surface area contributed by atoms with Crippen molar-refractivity contribution in [1.82, 2.24) is 0 Å². The fourth-order valence-corrected chi connectivity index (χ4v) is 8.90. The first kappa shape index (κ1) is 67.4. The lowest BCUT2D eigenvalue weighted by molar-refractivity contribution is -0.167. The second kappa shape index (κ2) is 58.9. The van der Waals surface area contributed by atoms with Crippen LogP contribution in [-0.2, 0) is 28.6 Å². The average molecular weight is 982 g/mol. The van der Waals surface area contributed by atoms with Crippen LogP contribution in [0.2, 0.25) is 0 Å². The van der Waals surface area contributed by atoms with Gasteiger partial charge in [0.05, 0.1) is 0 Å². The zero-order valence-corrected chi connectivity index (χ0v) is 46.8. The smallest absolute Gasteiger partial charge is 0.306 e. The van der Waals surface area contributed by atoms with Crippen molar-refractivity contribution in [2.24, 2.45) is 0 Å². The SMILES string of the molecule is CCCCCCCCC/C=C\C=C/CCCCCCCC(=O)OCC(COC(=O)CCCCCCC/C=C\CCCCCCCCC)OC(=O)CCCCCCC/C=C\CCCCCCCCCCC. The molecule has 0 radical (unpaired) electrons. The van der Waals surface area contributed by atoms with E-state index in [4.69, 9.17) is 14.2 Å². The van der Waals surface area contributed by atoms with Crippen LogP contribution in [-0.4, -0.2) is 37.2 Å². The van der Waals surface area contributed by atoms with E-state index in [1.807, 2.05) is 0 Å². The van der Waals surface area contributed by atoms with Crippen molar-refractivity contribution in [2.75, 3.05) is 13.2 Å². The highest BCUT2D eigenvalue weighted by Gasteiger charge is 2.19.